The summed E-state index contributed by atoms with van der Waals surface area (Å²) in [6, 6.07) is 16.6. The summed E-state index contributed by atoms with van der Waals surface area (Å²) in [5.74, 6) is -1.23. The molecule has 4 rings (SSSR count). The lowest BCUT2D eigenvalue weighted by atomic mass is 9.94. The highest BCUT2D eigenvalue weighted by Crippen LogP contribution is 2.34. The molecule has 0 bridgehead atoms. The van der Waals surface area contributed by atoms with E-state index in [0.29, 0.717) is 64.8 Å². The zero-order chi connectivity index (χ0) is 46.4. The van der Waals surface area contributed by atoms with Crippen LogP contribution >= 0.6 is 0 Å². The minimum Gasteiger partial charge on any atom is -0.481 e. The number of benzene rings is 2. The fourth-order valence-corrected chi connectivity index (χ4v) is 8.04. The normalized spacial score (nSPS) is 19.4. The number of hydrogen-bond acceptors (Lipinski definition) is 13. The number of carbonyl (C=O) groups excluding carboxylic acids is 4. The van der Waals surface area contributed by atoms with E-state index in [2.05, 4.69) is 34.5 Å². The van der Waals surface area contributed by atoms with Crippen LogP contribution in [0.15, 0.2) is 48.5 Å². The number of anilines is 1. The van der Waals surface area contributed by atoms with Crippen molar-refractivity contribution in [2.75, 3.05) is 90.4 Å². The van der Waals surface area contributed by atoms with Crippen LogP contribution in [0.5, 0.6) is 0 Å². The molecular formula is C49H75N5O9. The van der Waals surface area contributed by atoms with Crippen LogP contribution in [0.4, 0.5) is 5.69 Å². The van der Waals surface area contributed by atoms with Gasteiger partial charge in [0.2, 0.25) is 0 Å². The average Bonchev–Trinajstić information content (AvgIpc) is 3.62. The van der Waals surface area contributed by atoms with E-state index < -0.39 is 22.8 Å². The molecule has 0 aromatic heterocycles. The Morgan fingerprint density at radius 3 is 1.33 bits per heavy atom. The first-order chi connectivity index (χ1) is 29.5. The van der Waals surface area contributed by atoms with Gasteiger partial charge in [0.1, 0.15) is 22.6 Å². The molecule has 1 aliphatic carbocycles. The molecule has 1 saturated heterocycles. The summed E-state index contributed by atoms with van der Waals surface area (Å²) in [6.07, 6.45) is 3.65. The summed E-state index contributed by atoms with van der Waals surface area (Å²) < 4.78 is 17.1. The Morgan fingerprint density at radius 1 is 0.571 bits per heavy atom. The maximum absolute atomic E-state index is 14.1. The van der Waals surface area contributed by atoms with Gasteiger partial charge in [-0.05, 0) is 123 Å². The van der Waals surface area contributed by atoms with Crippen LogP contribution < -0.4 is 5.32 Å². The number of nitrogens with zero attached hydrogens (tertiary/aromatic N) is 4. The molecule has 14 nitrogen and oxygen atoms in total. The Labute approximate surface area is 376 Å². The third kappa shape index (κ3) is 20.3. The molecule has 2 N–H and O–H groups in total. The smallest absolute Gasteiger partial charge is 0.320 e. The van der Waals surface area contributed by atoms with E-state index in [1.54, 1.807) is 0 Å². The number of aliphatic carboxylic acids is 1. The molecule has 2 aromatic rings. The fraction of sp³-hybridized carbons (Fsp3) is 0.653. The van der Waals surface area contributed by atoms with Crippen LogP contribution in [0.2, 0.25) is 0 Å². The van der Waals surface area contributed by atoms with Gasteiger partial charge in [-0.25, -0.2) is 0 Å². The van der Waals surface area contributed by atoms with Crippen molar-refractivity contribution in [3.8, 4) is 11.1 Å². The van der Waals surface area contributed by atoms with Gasteiger partial charge in [0.25, 0.3) is 0 Å². The second-order valence-electron chi connectivity index (χ2n) is 20.3. The average molecular weight is 878 g/mol. The van der Waals surface area contributed by atoms with Gasteiger partial charge < -0.3 is 24.6 Å². The molecule has 1 aliphatic heterocycles. The van der Waals surface area contributed by atoms with Gasteiger partial charge in [-0.1, -0.05) is 36.4 Å². The number of hydrogen-bond donors (Lipinski definition) is 2. The molecule has 350 valence electrons. The van der Waals surface area contributed by atoms with E-state index >= 15 is 0 Å². The molecule has 2 unspecified atom stereocenters. The van der Waals surface area contributed by atoms with Crippen molar-refractivity contribution < 1.29 is 43.3 Å². The van der Waals surface area contributed by atoms with Gasteiger partial charge in [0, 0.05) is 70.5 Å². The van der Waals surface area contributed by atoms with Crippen LogP contribution in [0.3, 0.4) is 0 Å². The largest absolute Gasteiger partial charge is 0.481 e. The molecular weight excluding hydrogens is 803 g/mol. The molecule has 0 spiro atoms. The molecule has 2 atom stereocenters. The maximum Gasteiger partial charge on any atom is 0.320 e. The standard InChI is InChI=1S/C49H75N5O9/c1-47(2,3)61-44(58)33-52-24-22-51(23-25-53(34-45(59)62-48(4,5)6)27-29-54(28-26-52)35-46(60)63-49(7,8)9)32-42(55)40-15-12-37(31-40)30-36-10-13-38(14-11-36)39-16-18-41(19-17-39)50-21-20-43(56)57/h10-11,13-14,16-19,37,40,50H,12,15,20-35H2,1-9H3,(H,56,57). The van der Waals surface area contributed by atoms with Crippen molar-refractivity contribution in [1.82, 2.24) is 19.6 Å². The summed E-state index contributed by atoms with van der Waals surface area (Å²) in [7, 11) is 0. The Bertz CT molecular complexity index is 1750. The lowest BCUT2D eigenvalue weighted by Gasteiger charge is -2.34. The number of ether oxygens (including phenoxy) is 3. The van der Waals surface area contributed by atoms with Crippen LogP contribution in [-0.2, 0) is 44.6 Å². The summed E-state index contributed by atoms with van der Waals surface area (Å²) in [5, 5.41) is 12.0. The summed E-state index contributed by atoms with van der Waals surface area (Å²) in [4.78, 5) is 72.4. The van der Waals surface area contributed by atoms with Crippen molar-refractivity contribution in [3.63, 3.8) is 0 Å². The first-order valence-electron chi connectivity index (χ1n) is 22.7. The van der Waals surface area contributed by atoms with E-state index in [1.165, 1.54) is 5.56 Å². The maximum atomic E-state index is 14.1. The zero-order valence-corrected chi connectivity index (χ0v) is 39.5. The first-order valence-corrected chi connectivity index (χ1v) is 22.7. The number of rotatable bonds is 16. The number of carboxylic acids is 1. The second-order valence-corrected chi connectivity index (χ2v) is 20.3. The number of carboxylic acid groups (broad SMARTS) is 1. The summed E-state index contributed by atoms with van der Waals surface area (Å²) in [6.45, 7) is 21.5. The van der Waals surface area contributed by atoms with Crippen LogP contribution in [0.25, 0.3) is 11.1 Å². The van der Waals surface area contributed by atoms with E-state index in [4.69, 9.17) is 19.3 Å². The predicted molar refractivity (Wildman–Crippen MR) is 245 cm³/mol. The predicted octanol–water partition coefficient (Wildman–Crippen LogP) is 6.01. The monoisotopic (exact) mass is 878 g/mol. The molecule has 2 aliphatic rings. The third-order valence-electron chi connectivity index (χ3n) is 11.0. The van der Waals surface area contributed by atoms with Gasteiger partial charge >= 0.3 is 23.9 Å². The van der Waals surface area contributed by atoms with Crippen molar-refractivity contribution in [1.29, 1.82) is 0 Å². The lowest BCUT2D eigenvalue weighted by Crippen LogP contribution is -2.50. The Kier molecular flexibility index (Phi) is 19.1. The van der Waals surface area contributed by atoms with Gasteiger partial charge in [0.15, 0.2) is 0 Å². The molecule has 0 radical (unpaired) electrons. The summed E-state index contributed by atoms with van der Waals surface area (Å²) in [5.41, 5.74) is 2.41. The van der Waals surface area contributed by atoms with Crippen LogP contribution in [-0.4, -0.2) is 156 Å². The Balaban J connectivity index is 1.42. The van der Waals surface area contributed by atoms with Gasteiger partial charge in [0.05, 0.1) is 32.6 Å². The molecule has 2 fully saturated rings. The van der Waals surface area contributed by atoms with Gasteiger partial charge in [-0.15, -0.1) is 0 Å². The molecule has 14 heteroatoms. The lowest BCUT2D eigenvalue weighted by molar-refractivity contribution is -0.158. The van der Waals surface area contributed by atoms with E-state index in [1.807, 2.05) is 101 Å². The van der Waals surface area contributed by atoms with Gasteiger partial charge in [-0.2, -0.15) is 0 Å². The third-order valence-corrected chi connectivity index (χ3v) is 11.0. The number of carbonyl (C=O) groups is 5. The highest BCUT2D eigenvalue weighted by Gasteiger charge is 2.32. The molecule has 0 amide bonds. The topological polar surface area (TPSA) is 158 Å². The zero-order valence-electron chi connectivity index (χ0n) is 39.5. The molecule has 2 aromatic carbocycles. The Morgan fingerprint density at radius 2 is 0.952 bits per heavy atom. The fourth-order valence-electron chi connectivity index (χ4n) is 8.04. The van der Waals surface area contributed by atoms with Crippen LogP contribution in [0, 0.1) is 11.8 Å². The van der Waals surface area contributed by atoms with Crippen molar-refractivity contribution >= 4 is 35.3 Å². The SMILES string of the molecule is CC(C)(C)OC(=O)CN1CCN(CC(=O)OC(C)(C)C)CCN(CC(=O)C2CCC(Cc3ccc(-c4ccc(NCCC(=O)O)cc4)cc3)C2)CCN(CC(=O)OC(C)(C)C)CC1. The molecule has 1 heterocycles. The summed E-state index contributed by atoms with van der Waals surface area (Å²) >= 11 is 0. The molecule has 1 saturated carbocycles. The Hall–Kier alpha value is -4.37. The van der Waals surface area contributed by atoms with E-state index in [0.717, 1.165) is 42.5 Å². The minimum absolute atomic E-state index is 0.0320. The van der Waals surface area contributed by atoms with E-state index in [-0.39, 0.29) is 62.2 Å². The van der Waals surface area contributed by atoms with Crippen molar-refractivity contribution in [2.24, 2.45) is 11.8 Å². The second kappa shape index (κ2) is 23.5. The van der Waals surface area contributed by atoms with Crippen molar-refractivity contribution in [2.45, 2.75) is 111 Å². The van der Waals surface area contributed by atoms with E-state index in [9.17, 15) is 24.0 Å². The number of esters is 3. The number of nitrogens with one attached hydrogen (secondary N) is 1. The quantitative estimate of drug-likeness (QED) is 0.149. The highest BCUT2D eigenvalue weighted by molar-refractivity contribution is 5.83. The first kappa shape index (κ1) is 51.3. The molecule has 63 heavy (non-hydrogen) atoms. The number of Topliss-reactive ketones (excluding diaryl/α,β-unsaturated/α-hetero) is 1. The highest BCUT2D eigenvalue weighted by atomic mass is 16.6. The number of ketones is 1. The van der Waals surface area contributed by atoms with Gasteiger partial charge in [-0.3, -0.25) is 43.6 Å². The van der Waals surface area contributed by atoms with Crippen LogP contribution in [0.1, 0.15) is 93.6 Å². The van der Waals surface area contributed by atoms with Crippen molar-refractivity contribution in [3.05, 3.63) is 54.1 Å². The minimum atomic E-state index is -0.829.